The molecule has 8 heteroatoms. The zero-order chi connectivity index (χ0) is 22.2. The molecule has 2 aromatic carbocycles. The van der Waals surface area contributed by atoms with Gasteiger partial charge < -0.3 is 10.1 Å². The maximum absolute atomic E-state index is 12.8. The Morgan fingerprint density at radius 1 is 1.16 bits per heavy atom. The average molecular weight is 502 g/mol. The summed E-state index contributed by atoms with van der Waals surface area (Å²) in [5, 5.41) is 14.0. The summed E-state index contributed by atoms with van der Waals surface area (Å²) in [5.41, 5.74) is 3.14. The van der Waals surface area contributed by atoms with Crippen molar-refractivity contribution in [1.29, 1.82) is 5.41 Å². The summed E-state index contributed by atoms with van der Waals surface area (Å²) in [6, 6.07) is 14.7. The number of rotatable bonds is 7. The van der Waals surface area contributed by atoms with E-state index in [2.05, 4.69) is 31.5 Å². The number of nitrogens with one attached hydrogen (secondary N) is 3. The Bertz CT molecular complexity index is 1080. The van der Waals surface area contributed by atoms with E-state index in [-0.39, 0.29) is 11.9 Å². The molecule has 0 unspecified atom stereocenters. The summed E-state index contributed by atoms with van der Waals surface area (Å²) in [4.78, 5) is 16.8. The Balaban J connectivity index is 1.69. The van der Waals surface area contributed by atoms with Crippen molar-refractivity contribution in [2.24, 2.45) is 0 Å². The number of methoxy groups -OCH3 is 1. The largest absolute Gasteiger partial charge is 0.496 e. The van der Waals surface area contributed by atoms with Gasteiger partial charge in [-0.1, -0.05) is 33.6 Å². The van der Waals surface area contributed by atoms with E-state index in [4.69, 9.17) is 21.7 Å². The topological polar surface area (TPSA) is 87.1 Å². The van der Waals surface area contributed by atoms with Crippen molar-refractivity contribution in [3.05, 3.63) is 92.7 Å². The van der Waals surface area contributed by atoms with Gasteiger partial charge in [-0.3, -0.25) is 20.5 Å². The monoisotopic (exact) mass is 500 g/mol. The van der Waals surface area contributed by atoms with E-state index in [0.717, 1.165) is 26.9 Å². The van der Waals surface area contributed by atoms with Crippen LogP contribution in [-0.4, -0.2) is 24.0 Å². The standard InChI is InChI=1S/C23H22BrClN4O2/c1-31-21-8-6-17(24)13-16(21)5-7-18-19(3-2-4-20(18)25)22(30)29-23(26)28-14-15-9-11-27-12-10-15/h2-4,6,8-13H,5,7,14H2,1H3,(H3,26,28,29,30). The van der Waals surface area contributed by atoms with Crippen LogP contribution in [0.3, 0.4) is 0 Å². The molecule has 1 heterocycles. The fourth-order valence-electron chi connectivity index (χ4n) is 3.14. The van der Waals surface area contributed by atoms with E-state index in [1.807, 2.05) is 30.3 Å². The maximum atomic E-state index is 12.8. The molecule has 0 spiro atoms. The molecular weight excluding hydrogens is 480 g/mol. The summed E-state index contributed by atoms with van der Waals surface area (Å²) in [6.07, 6.45) is 4.55. The first-order valence-electron chi connectivity index (χ1n) is 9.60. The molecular formula is C23H22BrClN4O2. The molecule has 1 aromatic heterocycles. The van der Waals surface area contributed by atoms with Crippen LogP contribution in [0.5, 0.6) is 5.75 Å². The third kappa shape index (κ3) is 6.29. The predicted octanol–water partition coefficient (Wildman–Crippen LogP) is 4.75. The first-order valence-corrected chi connectivity index (χ1v) is 10.8. The van der Waals surface area contributed by atoms with Crippen molar-refractivity contribution in [3.8, 4) is 5.75 Å². The molecule has 0 saturated heterocycles. The van der Waals surface area contributed by atoms with Gasteiger partial charge in [0.25, 0.3) is 5.91 Å². The minimum atomic E-state index is -0.383. The van der Waals surface area contributed by atoms with E-state index in [1.54, 1.807) is 37.7 Å². The fraction of sp³-hybridized carbons (Fsp3) is 0.174. The van der Waals surface area contributed by atoms with Gasteiger partial charge in [-0.05, 0) is 72.0 Å². The number of ether oxygens (including phenoxy) is 1. The number of pyridine rings is 1. The second kappa shape index (κ2) is 10.9. The van der Waals surface area contributed by atoms with Crippen molar-refractivity contribution in [2.45, 2.75) is 19.4 Å². The van der Waals surface area contributed by atoms with Gasteiger partial charge >= 0.3 is 0 Å². The predicted molar refractivity (Wildman–Crippen MR) is 126 cm³/mol. The minimum Gasteiger partial charge on any atom is -0.496 e. The molecule has 0 atom stereocenters. The molecule has 3 rings (SSSR count). The van der Waals surface area contributed by atoms with E-state index in [1.165, 1.54) is 0 Å². The number of benzene rings is 2. The summed E-state index contributed by atoms with van der Waals surface area (Å²) in [6.45, 7) is 0.409. The van der Waals surface area contributed by atoms with Gasteiger partial charge in [-0.25, -0.2) is 0 Å². The molecule has 3 N–H and O–H groups in total. The number of hydrogen-bond acceptors (Lipinski definition) is 4. The lowest BCUT2D eigenvalue weighted by Crippen LogP contribution is -2.40. The lowest BCUT2D eigenvalue weighted by atomic mass is 9.98. The number of hydrogen-bond donors (Lipinski definition) is 3. The van der Waals surface area contributed by atoms with Gasteiger partial charge in [0.05, 0.1) is 7.11 Å². The van der Waals surface area contributed by atoms with Crippen LogP contribution in [0, 0.1) is 5.41 Å². The number of amides is 1. The summed E-state index contributed by atoms with van der Waals surface area (Å²) in [7, 11) is 1.63. The molecule has 1 amide bonds. The van der Waals surface area contributed by atoms with Gasteiger partial charge in [0.1, 0.15) is 5.75 Å². The first kappa shape index (κ1) is 22.8. The molecule has 0 aliphatic heterocycles. The number of halogens is 2. The molecule has 0 aliphatic rings. The van der Waals surface area contributed by atoms with Gasteiger partial charge in [-0.2, -0.15) is 0 Å². The van der Waals surface area contributed by atoms with Crippen LogP contribution in [0.2, 0.25) is 5.02 Å². The second-order valence-electron chi connectivity index (χ2n) is 6.76. The van der Waals surface area contributed by atoms with Crippen LogP contribution in [0.4, 0.5) is 0 Å². The van der Waals surface area contributed by atoms with E-state index in [0.29, 0.717) is 30.0 Å². The van der Waals surface area contributed by atoms with E-state index < -0.39 is 0 Å². The number of carbonyl (C=O) groups excluding carboxylic acids is 1. The molecule has 6 nitrogen and oxygen atoms in total. The van der Waals surface area contributed by atoms with Crippen LogP contribution in [0.25, 0.3) is 0 Å². The van der Waals surface area contributed by atoms with Crippen molar-refractivity contribution in [2.75, 3.05) is 7.11 Å². The molecule has 0 fully saturated rings. The first-order chi connectivity index (χ1) is 15.0. The van der Waals surface area contributed by atoms with Crippen LogP contribution >= 0.6 is 27.5 Å². The smallest absolute Gasteiger partial charge is 0.258 e. The lowest BCUT2D eigenvalue weighted by molar-refractivity contribution is 0.0974. The van der Waals surface area contributed by atoms with Gasteiger partial charge in [-0.15, -0.1) is 0 Å². The average Bonchev–Trinajstić information content (AvgIpc) is 2.77. The van der Waals surface area contributed by atoms with Crippen LogP contribution in [0.1, 0.15) is 27.0 Å². The molecule has 0 radical (unpaired) electrons. The summed E-state index contributed by atoms with van der Waals surface area (Å²) in [5.74, 6) is 0.315. The minimum absolute atomic E-state index is 0.0820. The Kier molecular flexibility index (Phi) is 8.03. The molecule has 31 heavy (non-hydrogen) atoms. The number of aryl methyl sites for hydroxylation is 1. The summed E-state index contributed by atoms with van der Waals surface area (Å²) >= 11 is 9.91. The lowest BCUT2D eigenvalue weighted by Gasteiger charge is -2.14. The third-order valence-corrected chi connectivity index (χ3v) is 5.55. The normalized spacial score (nSPS) is 10.4. The van der Waals surface area contributed by atoms with Crippen LogP contribution in [0.15, 0.2) is 65.4 Å². The Hall–Kier alpha value is -2.90. The summed E-state index contributed by atoms with van der Waals surface area (Å²) < 4.78 is 6.39. The van der Waals surface area contributed by atoms with Gasteiger partial charge in [0, 0.05) is 34.0 Å². The molecule has 160 valence electrons. The highest BCUT2D eigenvalue weighted by atomic mass is 79.9. The Morgan fingerprint density at radius 3 is 2.68 bits per heavy atom. The zero-order valence-electron chi connectivity index (χ0n) is 16.9. The van der Waals surface area contributed by atoms with Crippen molar-refractivity contribution in [3.63, 3.8) is 0 Å². The maximum Gasteiger partial charge on any atom is 0.258 e. The van der Waals surface area contributed by atoms with Crippen molar-refractivity contribution < 1.29 is 9.53 Å². The SMILES string of the molecule is COc1ccc(Br)cc1CCc1c(Cl)cccc1C(=O)NC(=N)NCc1ccncc1. The molecule has 0 aliphatic carbocycles. The molecule has 0 saturated carbocycles. The number of nitrogens with zero attached hydrogens (tertiary/aromatic N) is 1. The highest BCUT2D eigenvalue weighted by Gasteiger charge is 2.16. The van der Waals surface area contributed by atoms with E-state index in [9.17, 15) is 4.79 Å². The third-order valence-electron chi connectivity index (χ3n) is 4.71. The van der Waals surface area contributed by atoms with Gasteiger partial charge in [0.2, 0.25) is 0 Å². The molecule has 3 aromatic rings. The number of carbonyl (C=O) groups is 1. The number of guanidine groups is 1. The van der Waals surface area contributed by atoms with Gasteiger partial charge in [0.15, 0.2) is 5.96 Å². The number of aromatic nitrogens is 1. The van der Waals surface area contributed by atoms with Crippen LogP contribution < -0.4 is 15.4 Å². The Morgan fingerprint density at radius 2 is 1.94 bits per heavy atom. The van der Waals surface area contributed by atoms with Crippen molar-refractivity contribution in [1.82, 2.24) is 15.6 Å². The van der Waals surface area contributed by atoms with Crippen LogP contribution in [-0.2, 0) is 19.4 Å². The van der Waals surface area contributed by atoms with Crippen molar-refractivity contribution >= 4 is 39.4 Å². The highest BCUT2D eigenvalue weighted by Crippen LogP contribution is 2.27. The highest BCUT2D eigenvalue weighted by molar-refractivity contribution is 9.10. The fourth-order valence-corrected chi connectivity index (χ4v) is 3.82. The Labute approximate surface area is 194 Å². The second-order valence-corrected chi connectivity index (χ2v) is 8.08. The quantitative estimate of drug-likeness (QED) is 0.322. The zero-order valence-corrected chi connectivity index (χ0v) is 19.3. The molecule has 0 bridgehead atoms. The van der Waals surface area contributed by atoms with E-state index >= 15 is 0 Å².